The van der Waals surface area contributed by atoms with Crippen molar-refractivity contribution in [3.8, 4) is 5.69 Å². The number of aryl methyl sites for hydroxylation is 1. The summed E-state index contributed by atoms with van der Waals surface area (Å²) in [5.41, 5.74) is 1.91. The van der Waals surface area contributed by atoms with Crippen molar-refractivity contribution in [3.63, 3.8) is 0 Å². The topological polar surface area (TPSA) is 50.9 Å². The molecule has 0 aliphatic rings. The van der Waals surface area contributed by atoms with E-state index >= 15 is 0 Å². The van der Waals surface area contributed by atoms with Gasteiger partial charge in [0.25, 0.3) is 0 Å². The van der Waals surface area contributed by atoms with E-state index in [0.29, 0.717) is 0 Å². The van der Waals surface area contributed by atoms with E-state index in [2.05, 4.69) is 32.9 Å². The highest BCUT2D eigenvalue weighted by Gasteiger charge is 2.02. The molecule has 0 aliphatic carbocycles. The van der Waals surface area contributed by atoms with Crippen LogP contribution in [0.3, 0.4) is 0 Å². The second-order valence-electron chi connectivity index (χ2n) is 3.46. The maximum Gasteiger partial charge on any atom is 0.0832 e. The van der Waals surface area contributed by atoms with Gasteiger partial charge in [-0.25, -0.2) is 4.68 Å². The summed E-state index contributed by atoms with van der Waals surface area (Å²) in [6, 6.07) is 8.08. The van der Waals surface area contributed by atoms with Gasteiger partial charge in [0.05, 0.1) is 17.6 Å². The summed E-state index contributed by atoms with van der Waals surface area (Å²) < 4.78 is 2.95. The van der Waals surface area contributed by atoms with Gasteiger partial charge in [0.15, 0.2) is 0 Å². The molecule has 84 valence electrons. The predicted octanol–water partition coefficient (Wildman–Crippen LogP) is 1.80. The Balaban J connectivity index is 2.15. The zero-order chi connectivity index (χ0) is 11.4. The molecule has 0 amide bonds. The molecule has 0 saturated carbocycles. The van der Waals surface area contributed by atoms with Gasteiger partial charge < -0.3 is 5.11 Å². The molecule has 0 bridgehead atoms. The zero-order valence-corrected chi connectivity index (χ0v) is 10.8. The maximum absolute atomic E-state index is 8.73. The van der Waals surface area contributed by atoms with Crippen LogP contribution in [-0.2, 0) is 6.42 Å². The van der Waals surface area contributed by atoms with Crippen molar-refractivity contribution in [2.24, 2.45) is 0 Å². The van der Waals surface area contributed by atoms with Gasteiger partial charge in [-0.05, 0) is 59.7 Å². The third-order valence-corrected chi connectivity index (χ3v) is 2.94. The highest BCUT2D eigenvalue weighted by molar-refractivity contribution is 14.1. The fourth-order valence-corrected chi connectivity index (χ4v) is 1.75. The number of halogens is 1. The second kappa shape index (κ2) is 5.40. The quantitative estimate of drug-likeness (QED) is 0.871. The third kappa shape index (κ3) is 2.79. The highest BCUT2D eigenvalue weighted by atomic mass is 127. The van der Waals surface area contributed by atoms with Crippen LogP contribution in [0.15, 0.2) is 30.5 Å². The summed E-state index contributed by atoms with van der Waals surface area (Å²) in [7, 11) is 0. The summed E-state index contributed by atoms with van der Waals surface area (Å²) in [4.78, 5) is 0. The Hall–Kier alpha value is -0.950. The van der Waals surface area contributed by atoms with Gasteiger partial charge in [0.1, 0.15) is 0 Å². The van der Waals surface area contributed by atoms with Crippen LogP contribution in [0.5, 0.6) is 0 Å². The van der Waals surface area contributed by atoms with Gasteiger partial charge >= 0.3 is 0 Å². The van der Waals surface area contributed by atoms with Gasteiger partial charge in [-0.1, -0.05) is 5.21 Å². The standard InChI is InChI=1S/C11H12IN3O/c12-9-3-5-11(6-4-9)15-8-10(13-14-15)2-1-7-16/h3-6,8,16H,1-2,7H2. The molecule has 2 rings (SSSR count). The molecule has 0 radical (unpaired) electrons. The molecular formula is C11H12IN3O. The first kappa shape index (κ1) is 11.5. The number of rotatable bonds is 4. The van der Waals surface area contributed by atoms with Crippen LogP contribution in [0, 0.1) is 3.57 Å². The Kier molecular flexibility index (Phi) is 3.89. The van der Waals surface area contributed by atoms with Gasteiger partial charge in [-0.3, -0.25) is 0 Å². The van der Waals surface area contributed by atoms with Crippen molar-refractivity contribution in [1.29, 1.82) is 0 Å². The summed E-state index contributed by atoms with van der Waals surface area (Å²) in [6.45, 7) is 0.191. The number of benzene rings is 1. The Morgan fingerprint density at radius 3 is 2.69 bits per heavy atom. The van der Waals surface area contributed by atoms with E-state index in [4.69, 9.17) is 5.11 Å². The lowest BCUT2D eigenvalue weighted by Crippen LogP contribution is -1.94. The van der Waals surface area contributed by atoms with Gasteiger partial charge in [-0.2, -0.15) is 0 Å². The first-order valence-electron chi connectivity index (χ1n) is 5.07. The van der Waals surface area contributed by atoms with Crippen LogP contribution in [0.4, 0.5) is 0 Å². The molecule has 1 heterocycles. The number of aliphatic hydroxyl groups excluding tert-OH is 1. The molecule has 0 spiro atoms. The third-order valence-electron chi connectivity index (χ3n) is 2.22. The minimum atomic E-state index is 0.191. The van der Waals surface area contributed by atoms with Crippen molar-refractivity contribution < 1.29 is 5.11 Å². The largest absolute Gasteiger partial charge is 0.396 e. The monoisotopic (exact) mass is 329 g/mol. The van der Waals surface area contributed by atoms with E-state index in [1.807, 2.05) is 30.5 Å². The first-order valence-corrected chi connectivity index (χ1v) is 6.15. The molecule has 16 heavy (non-hydrogen) atoms. The highest BCUT2D eigenvalue weighted by Crippen LogP contribution is 2.10. The van der Waals surface area contributed by atoms with Crippen LogP contribution >= 0.6 is 22.6 Å². The average Bonchev–Trinajstić information content (AvgIpc) is 2.76. The summed E-state index contributed by atoms with van der Waals surface area (Å²) in [6.07, 6.45) is 3.39. The number of nitrogens with zero attached hydrogens (tertiary/aromatic N) is 3. The van der Waals surface area contributed by atoms with E-state index in [0.717, 1.165) is 24.2 Å². The number of hydrogen-bond acceptors (Lipinski definition) is 3. The predicted molar refractivity (Wildman–Crippen MR) is 69.5 cm³/mol. The molecular weight excluding hydrogens is 317 g/mol. The average molecular weight is 329 g/mol. The molecule has 1 aromatic carbocycles. The van der Waals surface area contributed by atoms with E-state index in [1.54, 1.807) is 4.68 Å². The van der Waals surface area contributed by atoms with Gasteiger partial charge in [0, 0.05) is 10.2 Å². The number of hydrogen-bond donors (Lipinski definition) is 1. The first-order chi connectivity index (χ1) is 7.79. The lowest BCUT2D eigenvalue weighted by atomic mass is 10.2. The fraction of sp³-hybridized carbons (Fsp3) is 0.273. The van der Waals surface area contributed by atoms with Crippen molar-refractivity contribution >= 4 is 22.6 Å². The van der Waals surface area contributed by atoms with Crippen LogP contribution in [0.25, 0.3) is 5.69 Å². The number of aromatic nitrogens is 3. The molecule has 0 unspecified atom stereocenters. The molecule has 1 aromatic heterocycles. The molecule has 4 nitrogen and oxygen atoms in total. The minimum absolute atomic E-state index is 0.191. The van der Waals surface area contributed by atoms with E-state index < -0.39 is 0 Å². The lowest BCUT2D eigenvalue weighted by Gasteiger charge is -1.98. The summed E-state index contributed by atoms with van der Waals surface area (Å²) in [5.74, 6) is 0. The van der Waals surface area contributed by atoms with E-state index in [-0.39, 0.29) is 6.61 Å². The lowest BCUT2D eigenvalue weighted by molar-refractivity contribution is 0.288. The minimum Gasteiger partial charge on any atom is -0.396 e. The number of aliphatic hydroxyl groups is 1. The second-order valence-corrected chi connectivity index (χ2v) is 4.70. The normalized spacial score (nSPS) is 10.6. The smallest absolute Gasteiger partial charge is 0.0832 e. The Morgan fingerprint density at radius 1 is 1.25 bits per heavy atom. The van der Waals surface area contributed by atoms with Crippen molar-refractivity contribution in [3.05, 3.63) is 39.7 Å². The van der Waals surface area contributed by atoms with E-state index in [1.165, 1.54) is 3.57 Å². The van der Waals surface area contributed by atoms with E-state index in [9.17, 15) is 0 Å². The maximum atomic E-state index is 8.73. The summed E-state index contributed by atoms with van der Waals surface area (Å²) >= 11 is 2.27. The Bertz CT molecular complexity index is 453. The summed E-state index contributed by atoms with van der Waals surface area (Å²) in [5, 5.41) is 16.8. The van der Waals surface area contributed by atoms with Gasteiger partial charge in [0.2, 0.25) is 0 Å². The van der Waals surface area contributed by atoms with Crippen molar-refractivity contribution in [2.75, 3.05) is 6.61 Å². The van der Waals surface area contributed by atoms with Crippen LogP contribution in [0.2, 0.25) is 0 Å². The molecule has 0 fully saturated rings. The molecule has 0 aliphatic heterocycles. The molecule has 1 N–H and O–H groups in total. The fourth-order valence-electron chi connectivity index (χ4n) is 1.39. The van der Waals surface area contributed by atoms with Gasteiger partial charge in [-0.15, -0.1) is 5.10 Å². The van der Waals surface area contributed by atoms with Crippen LogP contribution < -0.4 is 0 Å². The van der Waals surface area contributed by atoms with Crippen molar-refractivity contribution in [1.82, 2.24) is 15.0 Å². The molecule has 0 atom stereocenters. The zero-order valence-electron chi connectivity index (χ0n) is 8.67. The molecule has 2 aromatic rings. The van der Waals surface area contributed by atoms with Crippen molar-refractivity contribution in [2.45, 2.75) is 12.8 Å². The Labute approximate surface area is 107 Å². The SMILES string of the molecule is OCCCc1cn(-c2ccc(I)cc2)nn1. The van der Waals surface area contributed by atoms with Crippen LogP contribution in [0.1, 0.15) is 12.1 Å². The molecule has 0 saturated heterocycles. The molecule has 5 heteroatoms. The van der Waals surface area contributed by atoms with Crippen LogP contribution in [-0.4, -0.2) is 26.7 Å². The Morgan fingerprint density at radius 2 is 2.00 bits per heavy atom.